The Bertz CT molecular complexity index is 598. The molecular weight excluding hydrogens is 310 g/mol. The van der Waals surface area contributed by atoms with Crippen LogP contribution in [0.5, 0.6) is 0 Å². The van der Waals surface area contributed by atoms with E-state index in [9.17, 15) is 4.79 Å². The highest BCUT2D eigenvalue weighted by Crippen LogP contribution is 2.21. The molecule has 0 bridgehead atoms. The molecule has 23 heavy (non-hydrogen) atoms. The van der Waals surface area contributed by atoms with Crippen LogP contribution in [0.2, 0.25) is 0 Å². The average molecular weight is 333 g/mol. The summed E-state index contributed by atoms with van der Waals surface area (Å²) >= 11 is 1.73. The van der Waals surface area contributed by atoms with Gasteiger partial charge < -0.3 is 5.32 Å². The minimum Gasteiger partial charge on any atom is -0.354 e. The number of nitrogens with one attached hydrogen (secondary N) is 1. The Kier molecular flexibility index (Phi) is 5.40. The summed E-state index contributed by atoms with van der Waals surface area (Å²) in [5, 5.41) is 9.31. The van der Waals surface area contributed by atoms with E-state index >= 15 is 0 Å². The van der Waals surface area contributed by atoms with E-state index in [1.807, 2.05) is 17.7 Å². The summed E-state index contributed by atoms with van der Waals surface area (Å²) in [6.07, 6.45) is 6.43. The molecule has 3 heterocycles. The minimum atomic E-state index is -0.102. The molecule has 0 aliphatic carbocycles. The summed E-state index contributed by atoms with van der Waals surface area (Å²) in [6, 6.07) is 4.40. The molecule has 0 aromatic carbocycles. The first kappa shape index (κ1) is 16.1. The molecule has 3 rings (SSSR count). The van der Waals surface area contributed by atoms with Crippen molar-refractivity contribution in [3.8, 4) is 0 Å². The molecule has 1 aliphatic rings. The van der Waals surface area contributed by atoms with Crippen molar-refractivity contribution in [2.75, 3.05) is 13.1 Å². The molecule has 7 heteroatoms. The molecule has 1 fully saturated rings. The van der Waals surface area contributed by atoms with Crippen molar-refractivity contribution in [1.82, 2.24) is 25.0 Å². The number of hydrogen-bond acceptors (Lipinski definition) is 5. The lowest BCUT2D eigenvalue weighted by molar-refractivity contribution is -0.126. The molecule has 0 spiro atoms. The molecular formula is C16H23N5OS. The number of nitrogens with zero attached hydrogens (tertiary/aromatic N) is 4. The smallest absolute Gasteiger partial charge is 0.237 e. The van der Waals surface area contributed by atoms with Crippen LogP contribution in [-0.2, 0) is 17.8 Å². The van der Waals surface area contributed by atoms with Gasteiger partial charge in [-0.25, -0.2) is 4.98 Å². The third-order valence-electron chi connectivity index (χ3n) is 4.41. The van der Waals surface area contributed by atoms with Crippen LogP contribution in [0.25, 0.3) is 0 Å². The van der Waals surface area contributed by atoms with Gasteiger partial charge in [-0.1, -0.05) is 6.07 Å². The second-order valence-electron chi connectivity index (χ2n) is 5.95. The fourth-order valence-electron chi connectivity index (χ4n) is 3.17. The van der Waals surface area contributed by atoms with Gasteiger partial charge in [-0.3, -0.25) is 14.4 Å². The molecule has 1 N–H and O–H groups in total. The largest absolute Gasteiger partial charge is 0.354 e. The third-order valence-corrected chi connectivity index (χ3v) is 5.35. The highest BCUT2D eigenvalue weighted by atomic mass is 32.1. The van der Waals surface area contributed by atoms with Crippen LogP contribution in [0, 0.1) is 0 Å². The first-order chi connectivity index (χ1) is 11.2. The topological polar surface area (TPSA) is 63.1 Å². The lowest BCUT2D eigenvalue weighted by atomic mass is 10.2. The van der Waals surface area contributed by atoms with E-state index in [1.165, 1.54) is 4.88 Å². The van der Waals surface area contributed by atoms with Crippen molar-refractivity contribution in [3.63, 3.8) is 0 Å². The lowest BCUT2D eigenvalue weighted by Gasteiger charge is -2.29. The molecule has 2 aromatic rings. The summed E-state index contributed by atoms with van der Waals surface area (Å²) in [5.41, 5.74) is 0. The molecule has 0 unspecified atom stereocenters. The van der Waals surface area contributed by atoms with Crippen molar-refractivity contribution in [2.45, 2.75) is 44.8 Å². The van der Waals surface area contributed by atoms with E-state index in [4.69, 9.17) is 0 Å². The van der Waals surface area contributed by atoms with Gasteiger partial charge in [0.2, 0.25) is 5.91 Å². The van der Waals surface area contributed by atoms with E-state index < -0.39 is 0 Å². The molecule has 124 valence electrons. The summed E-state index contributed by atoms with van der Waals surface area (Å²) in [4.78, 5) is 20.0. The maximum atomic E-state index is 12.4. The number of aromatic nitrogens is 3. The highest BCUT2D eigenvalue weighted by Gasteiger charge is 2.32. The standard InChI is InChI=1S/C16H23N5OS/c1-13(16(22)18-7-6-15-5-3-9-23-15)21-8-2-4-14(21)10-20-12-17-11-19-20/h3,5,9,11-14H,2,4,6-8,10H2,1H3,(H,18,22)/t13-,14+/m1/s1. The van der Waals surface area contributed by atoms with Crippen molar-refractivity contribution in [2.24, 2.45) is 0 Å². The number of rotatable bonds is 7. The van der Waals surface area contributed by atoms with Crippen LogP contribution in [0.15, 0.2) is 30.2 Å². The van der Waals surface area contributed by atoms with E-state index in [1.54, 1.807) is 24.0 Å². The highest BCUT2D eigenvalue weighted by molar-refractivity contribution is 7.09. The normalized spacial score (nSPS) is 19.8. The summed E-state index contributed by atoms with van der Waals surface area (Å²) in [5.74, 6) is 0.118. The summed E-state index contributed by atoms with van der Waals surface area (Å²) in [7, 11) is 0. The number of carbonyl (C=O) groups is 1. The van der Waals surface area contributed by atoms with Gasteiger partial charge in [-0.15, -0.1) is 11.3 Å². The van der Waals surface area contributed by atoms with Gasteiger partial charge in [-0.05, 0) is 44.2 Å². The van der Waals surface area contributed by atoms with Crippen LogP contribution in [0.4, 0.5) is 0 Å². The van der Waals surface area contributed by atoms with Gasteiger partial charge in [-0.2, -0.15) is 5.10 Å². The van der Waals surface area contributed by atoms with E-state index in [-0.39, 0.29) is 11.9 Å². The van der Waals surface area contributed by atoms with Crippen LogP contribution in [-0.4, -0.2) is 50.7 Å². The first-order valence-electron chi connectivity index (χ1n) is 8.12. The van der Waals surface area contributed by atoms with Gasteiger partial charge in [0.1, 0.15) is 12.7 Å². The van der Waals surface area contributed by atoms with Crippen molar-refractivity contribution < 1.29 is 4.79 Å². The predicted molar refractivity (Wildman–Crippen MR) is 90.2 cm³/mol. The Morgan fingerprint density at radius 2 is 2.48 bits per heavy atom. The maximum Gasteiger partial charge on any atom is 0.237 e. The molecule has 1 saturated heterocycles. The van der Waals surface area contributed by atoms with Crippen LogP contribution in [0.3, 0.4) is 0 Å². The Balaban J connectivity index is 1.49. The number of likely N-dealkylation sites (tertiary alicyclic amines) is 1. The molecule has 1 aliphatic heterocycles. The Morgan fingerprint density at radius 1 is 1.57 bits per heavy atom. The Labute approximate surface area is 140 Å². The summed E-state index contributed by atoms with van der Waals surface area (Å²) in [6.45, 7) is 4.47. The number of amides is 1. The molecule has 0 saturated carbocycles. The first-order valence-corrected chi connectivity index (χ1v) is 9.00. The average Bonchev–Trinajstić information content (AvgIpc) is 3.29. The van der Waals surface area contributed by atoms with Crippen molar-refractivity contribution in [1.29, 1.82) is 0 Å². The summed E-state index contributed by atoms with van der Waals surface area (Å²) < 4.78 is 1.85. The molecule has 1 amide bonds. The third kappa shape index (κ3) is 4.17. The Hall–Kier alpha value is -1.73. The second-order valence-corrected chi connectivity index (χ2v) is 6.98. The minimum absolute atomic E-state index is 0.102. The van der Waals surface area contributed by atoms with E-state index in [0.717, 1.165) is 32.4 Å². The monoisotopic (exact) mass is 333 g/mol. The zero-order valence-electron chi connectivity index (χ0n) is 13.4. The predicted octanol–water partition coefficient (Wildman–Crippen LogP) is 1.55. The van der Waals surface area contributed by atoms with Gasteiger partial charge >= 0.3 is 0 Å². The fourth-order valence-corrected chi connectivity index (χ4v) is 3.88. The van der Waals surface area contributed by atoms with E-state index in [2.05, 4.69) is 31.7 Å². The van der Waals surface area contributed by atoms with Crippen molar-refractivity contribution >= 4 is 17.2 Å². The van der Waals surface area contributed by atoms with Crippen molar-refractivity contribution in [3.05, 3.63) is 35.0 Å². The fraction of sp³-hybridized carbons (Fsp3) is 0.562. The van der Waals surface area contributed by atoms with Gasteiger partial charge in [0, 0.05) is 17.5 Å². The molecule has 2 atom stereocenters. The lowest BCUT2D eigenvalue weighted by Crippen LogP contribution is -2.48. The van der Waals surface area contributed by atoms with Crippen LogP contribution < -0.4 is 5.32 Å². The van der Waals surface area contributed by atoms with Gasteiger partial charge in [0.05, 0.1) is 12.6 Å². The van der Waals surface area contributed by atoms with E-state index in [0.29, 0.717) is 12.6 Å². The van der Waals surface area contributed by atoms with Gasteiger partial charge in [0.25, 0.3) is 0 Å². The zero-order valence-corrected chi connectivity index (χ0v) is 14.2. The zero-order chi connectivity index (χ0) is 16.1. The number of hydrogen-bond donors (Lipinski definition) is 1. The molecule has 2 aromatic heterocycles. The maximum absolute atomic E-state index is 12.4. The molecule has 0 radical (unpaired) electrons. The number of thiophene rings is 1. The SMILES string of the molecule is C[C@H](C(=O)NCCc1cccs1)N1CCC[C@H]1Cn1cncn1. The second kappa shape index (κ2) is 7.70. The van der Waals surface area contributed by atoms with Crippen LogP contribution in [0.1, 0.15) is 24.6 Å². The Morgan fingerprint density at radius 3 is 3.22 bits per heavy atom. The molecule has 6 nitrogen and oxygen atoms in total. The van der Waals surface area contributed by atoms with Gasteiger partial charge in [0.15, 0.2) is 0 Å². The van der Waals surface area contributed by atoms with Crippen LogP contribution >= 0.6 is 11.3 Å². The number of carbonyl (C=O) groups excluding carboxylic acids is 1. The quantitative estimate of drug-likeness (QED) is 0.835.